The highest BCUT2D eigenvalue weighted by atomic mass is 16.5. The Balaban J connectivity index is 1.76. The Morgan fingerprint density at radius 3 is 2.08 bits per heavy atom. The van der Waals surface area contributed by atoms with E-state index in [-0.39, 0.29) is 5.41 Å². The molecule has 1 saturated heterocycles. The van der Waals surface area contributed by atoms with Crippen molar-refractivity contribution in [2.24, 2.45) is 5.92 Å². The van der Waals surface area contributed by atoms with Crippen molar-refractivity contribution >= 4 is 0 Å². The lowest BCUT2D eigenvalue weighted by Crippen LogP contribution is -2.53. The van der Waals surface area contributed by atoms with Crippen molar-refractivity contribution < 1.29 is 4.74 Å². The van der Waals surface area contributed by atoms with Gasteiger partial charge in [0.1, 0.15) is 0 Å². The van der Waals surface area contributed by atoms with Gasteiger partial charge in [-0.2, -0.15) is 0 Å². The van der Waals surface area contributed by atoms with Crippen molar-refractivity contribution in [1.29, 1.82) is 0 Å². The van der Waals surface area contributed by atoms with Crippen LogP contribution in [-0.4, -0.2) is 36.2 Å². The fourth-order valence-electron chi connectivity index (χ4n) is 4.98. The highest BCUT2D eigenvalue weighted by molar-refractivity contribution is 5.28. The van der Waals surface area contributed by atoms with Crippen LogP contribution in [0.15, 0.2) is 24.3 Å². The Bertz CT molecular complexity index is 543. The van der Waals surface area contributed by atoms with Crippen LogP contribution in [0.3, 0.4) is 0 Å². The smallest absolute Gasteiger partial charge is 0.0678 e. The Labute approximate surface area is 161 Å². The van der Waals surface area contributed by atoms with Crippen LogP contribution in [0, 0.1) is 5.92 Å². The predicted octanol–water partition coefficient (Wildman–Crippen LogP) is 5.58. The van der Waals surface area contributed by atoms with Crippen molar-refractivity contribution in [2.45, 2.75) is 96.8 Å². The maximum atomic E-state index is 6.02. The molecule has 2 heteroatoms. The zero-order valence-electron chi connectivity index (χ0n) is 17.6. The van der Waals surface area contributed by atoms with E-state index in [4.69, 9.17) is 4.74 Å². The molecule has 2 aliphatic rings. The van der Waals surface area contributed by atoms with E-state index in [0.29, 0.717) is 18.2 Å². The first kappa shape index (κ1) is 19.9. The van der Waals surface area contributed by atoms with E-state index in [0.717, 1.165) is 19.0 Å². The summed E-state index contributed by atoms with van der Waals surface area (Å²) in [6.45, 7) is 13.5. The summed E-state index contributed by atoms with van der Waals surface area (Å²) in [6, 6.07) is 10.1. The molecule has 146 valence electrons. The number of ether oxygens (including phenoxy) is 1. The fraction of sp³-hybridized carbons (Fsp3) is 0.750. The molecule has 2 nitrogen and oxygen atoms in total. The molecule has 1 aromatic rings. The number of morpholine rings is 1. The van der Waals surface area contributed by atoms with Gasteiger partial charge < -0.3 is 4.74 Å². The lowest BCUT2D eigenvalue weighted by molar-refractivity contribution is -0.0888. The molecule has 1 aliphatic heterocycles. The van der Waals surface area contributed by atoms with Gasteiger partial charge in [-0.05, 0) is 55.6 Å². The molecule has 0 aromatic heterocycles. The van der Waals surface area contributed by atoms with Crippen LogP contribution in [0.4, 0.5) is 0 Å². The van der Waals surface area contributed by atoms with Crippen LogP contribution in [-0.2, 0) is 16.6 Å². The van der Waals surface area contributed by atoms with Gasteiger partial charge in [0.15, 0.2) is 0 Å². The van der Waals surface area contributed by atoms with Crippen LogP contribution in [0.2, 0.25) is 0 Å². The summed E-state index contributed by atoms with van der Waals surface area (Å²) >= 11 is 0. The number of hydrogen-bond acceptors (Lipinski definition) is 2. The number of benzene rings is 1. The third kappa shape index (κ3) is 5.10. The van der Waals surface area contributed by atoms with Gasteiger partial charge in [-0.1, -0.05) is 64.3 Å². The maximum Gasteiger partial charge on any atom is 0.0678 e. The first-order valence-corrected chi connectivity index (χ1v) is 10.8. The van der Waals surface area contributed by atoms with E-state index in [1.807, 2.05) is 0 Å². The molecule has 1 aromatic carbocycles. The Morgan fingerprint density at radius 2 is 1.54 bits per heavy atom. The minimum Gasteiger partial charge on any atom is -0.373 e. The first-order chi connectivity index (χ1) is 12.3. The largest absolute Gasteiger partial charge is 0.373 e. The fourth-order valence-corrected chi connectivity index (χ4v) is 4.98. The molecular formula is C24H39NO. The van der Waals surface area contributed by atoms with Crippen molar-refractivity contribution in [2.75, 3.05) is 13.1 Å². The molecule has 1 aliphatic carbocycles. The topological polar surface area (TPSA) is 12.5 Å². The summed E-state index contributed by atoms with van der Waals surface area (Å²) < 4.78 is 6.02. The standard InChI is InChI=1S/C24H39NO/c1-18-16-25(17-19(2)26-18)23(21-9-7-6-8-10-21)15-20-11-13-22(14-12-20)24(3,4)5/h11-14,18-19,21,23H,6-10,15-17H2,1-5H3/t18-,19+,23?. The monoisotopic (exact) mass is 357 g/mol. The summed E-state index contributed by atoms with van der Waals surface area (Å²) in [6.07, 6.45) is 8.98. The van der Waals surface area contributed by atoms with E-state index >= 15 is 0 Å². The van der Waals surface area contributed by atoms with Gasteiger partial charge in [0.05, 0.1) is 12.2 Å². The van der Waals surface area contributed by atoms with Gasteiger partial charge in [-0.25, -0.2) is 0 Å². The Kier molecular flexibility index (Phi) is 6.45. The first-order valence-electron chi connectivity index (χ1n) is 10.8. The predicted molar refractivity (Wildman–Crippen MR) is 111 cm³/mol. The zero-order chi connectivity index (χ0) is 18.7. The molecule has 3 atom stereocenters. The summed E-state index contributed by atoms with van der Waals surface area (Å²) in [4.78, 5) is 2.76. The third-order valence-electron chi connectivity index (χ3n) is 6.38. The van der Waals surface area contributed by atoms with Crippen LogP contribution in [0.5, 0.6) is 0 Å². The van der Waals surface area contributed by atoms with Gasteiger partial charge in [0.2, 0.25) is 0 Å². The third-order valence-corrected chi connectivity index (χ3v) is 6.38. The zero-order valence-corrected chi connectivity index (χ0v) is 17.6. The summed E-state index contributed by atoms with van der Waals surface area (Å²) in [5, 5.41) is 0. The van der Waals surface area contributed by atoms with Gasteiger partial charge >= 0.3 is 0 Å². The highest BCUT2D eigenvalue weighted by Crippen LogP contribution is 2.33. The molecule has 1 unspecified atom stereocenters. The van der Waals surface area contributed by atoms with Gasteiger partial charge in [0.25, 0.3) is 0 Å². The van der Waals surface area contributed by atoms with Crippen molar-refractivity contribution in [3.8, 4) is 0 Å². The summed E-state index contributed by atoms with van der Waals surface area (Å²) in [7, 11) is 0. The van der Waals surface area contributed by atoms with Gasteiger partial charge in [0, 0.05) is 19.1 Å². The SMILES string of the molecule is C[C@@H]1CN(C(Cc2ccc(C(C)(C)C)cc2)C2CCCCC2)C[C@H](C)O1. The van der Waals surface area contributed by atoms with Crippen molar-refractivity contribution in [3.63, 3.8) is 0 Å². The molecule has 0 radical (unpaired) electrons. The maximum absolute atomic E-state index is 6.02. The van der Waals surface area contributed by atoms with Gasteiger partial charge in [-0.15, -0.1) is 0 Å². The molecule has 1 saturated carbocycles. The average molecular weight is 358 g/mol. The van der Waals surface area contributed by atoms with Crippen LogP contribution >= 0.6 is 0 Å². The molecular weight excluding hydrogens is 318 g/mol. The number of nitrogens with zero attached hydrogens (tertiary/aromatic N) is 1. The molecule has 0 N–H and O–H groups in total. The van der Waals surface area contributed by atoms with Crippen molar-refractivity contribution in [1.82, 2.24) is 4.90 Å². The molecule has 0 amide bonds. The van der Waals surface area contributed by atoms with E-state index in [1.54, 1.807) is 0 Å². The summed E-state index contributed by atoms with van der Waals surface area (Å²) in [5.41, 5.74) is 3.17. The lowest BCUT2D eigenvalue weighted by Gasteiger charge is -2.44. The second-order valence-corrected chi connectivity index (χ2v) is 9.83. The minimum absolute atomic E-state index is 0.233. The normalized spacial score (nSPS) is 27.4. The Hall–Kier alpha value is -0.860. The van der Waals surface area contributed by atoms with Crippen LogP contribution in [0.1, 0.15) is 77.8 Å². The highest BCUT2D eigenvalue weighted by Gasteiger charge is 2.33. The molecule has 1 heterocycles. The van der Waals surface area contributed by atoms with E-state index in [9.17, 15) is 0 Å². The molecule has 3 rings (SSSR count). The molecule has 2 fully saturated rings. The lowest BCUT2D eigenvalue weighted by atomic mass is 9.80. The molecule has 0 spiro atoms. The Morgan fingerprint density at radius 1 is 0.962 bits per heavy atom. The average Bonchev–Trinajstić information content (AvgIpc) is 2.59. The molecule has 0 bridgehead atoms. The second-order valence-electron chi connectivity index (χ2n) is 9.83. The second kappa shape index (κ2) is 8.44. The number of rotatable bonds is 4. The minimum atomic E-state index is 0.233. The van der Waals surface area contributed by atoms with Crippen LogP contribution < -0.4 is 0 Å². The van der Waals surface area contributed by atoms with Crippen LogP contribution in [0.25, 0.3) is 0 Å². The van der Waals surface area contributed by atoms with Gasteiger partial charge in [-0.3, -0.25) is 4.90 Å². The molecule has 26 heavy (non-hydrogen) atoms. The van der Waals surface area contributed by atoms with E-state index in [2.05, 4.69) is 63.8 Å². The van der Waals surface area contributed by atoms with Crippen molar-refractivity contribution in [3.05, 3.63) is 35.4 Å². The summed E-state index contributed by atoms with van der Waals surface area (Å²) in [5.74, 6) is 0.851. The number of hydrogen-bond donors (Lipinski definition) is 0. The van der Waals surface area contributed by atoms with E-state index in [1.165, 1.54) is 49.7 Å². The van der Waals surface area contributed by atoms with E-state index < -0.39 is 0 Å². The quantitative estimate of drug-likeness (QED) is 0.697.